The van der Waals surface area contributed by atoms with E-state index in [1.807, 2.05) is 6.08 Å². The molecule has 0 aromatic carbocycles. The quantitative estimate of drug-likeness (QED) is 0.825. The first-order valence-corrected chi connectivity index (χ1v) is 5.83. The van der Waals surface area contributed by atoms with Gasteiger partial charge in [-0.1, -0.05) is 23.8 Å². The minimum absolute atomic E-state index is 0.305. The van der Waals surface area contributed by atoms with Crippen LogP contribution in [0.4, 0.5) is 0 Å². The molecule has 1 aromatic rings. The molecule has 1 atom stereocenters. The number of allylic oxidation sites excluding steroid dienone is 5. The lowest BCUT2D eigenvalue weighted by Gasteiger charge is -2.27. The van der Waals surface area contributed by atoms with E-state index < -0.39 is 16.8 Å². The van der Waals surface area contributed by atoms with Crippen molar-refractivity contribution in [3.8, 4) is 6.07 Å². The van der Waals surface area contributed by atoms with Gasteiger partial charge in [0.15, 0.2) is 5.54 Å². The summed E-state index contributed by atoms with van der Waals surface area (Å²) < 4.78 is 0.958. The fourth-order valence-corrected chi connectivity index (χ4v) is 2.21. The summed E-state index contributed by atoms with van der Waals surface area (Å²) in [6.45, 7) is 3.65. The predicted octanol–water partition coefficient (Wildman–Crippen LogP) is 1.22. The van der Waals surface area contributed by atoms with E-state index in [-0.39, 0.29) is 0 Å². The van der Waals surface area contributed by atoms with Gasteiger partial charge in [-0.15, -0.1) is 6.58 Å². The topological polar surface area (TPSA) is 78.7 Å². The second kappa shape index (κ2) is 4.94. The van der Waals surface area contributed by atoms with Gasteiger partial charge in [0.25, 0.3) is 5.56 Å². The summed E-state index contributed by atoms with van der Waals surface area (Å²) in [5.74, 6) is 0. The van der Waals surface area contributed by atoms with Gasteiger partial charge in [0.05, 0.1) is 6.07 Å². The van der Waals surface area contributed by atoms with Crippen LogP contribution in [0.5, 0.6) is 0 Å². The fraction of sp³-hybridized carbons (Fsp3) is 0.214. The molecule has 1 aliphatic carbocycles. The van der Waals surface area contributed by atoms with E-state index in [2.05, 4.69) is 17.6 Å². The molecule has 1 N–H and O–H groups in total. The van der Waals surface area contributed by atoms with Crippen LogP contribution < -0.4 is 11.2 Å². The molecule has 0 radical (unpaired) electrons. The van der Waals surface area contributed by atoms with Crippen molar-refractivity contribution in [1.82, 2.24) is 9.55 Å². The number of aromatic nitrogens is 2. The van der Waals surface area contributed by atoms with Crippen LogP contribution in [-0.2, 0) is 5.54 Å². The Kier molecular flexibility index (Phi) is 3.34. The molecule has 0 fully saturated rings. The van der Waals surface area contributed by atoms with Crippen LogP contribution in [0.15, 0.2) is 58.3 Å². The Bertz CT molecular complexity index is 687. The third-order valence-electron chi connectivity index (χ3n) is 3.06. The highest BCUT2D eigenvalue weighted by molar-refractivity contribution is 5.32. The summed E-state index contributed by atoms with van der Waals surface area (Å²) >= 11 is 0. The normalized spacial score (nSPS) is 21.5. The molecule has 1 heterocycles. The molecular formula is C14H13N3O2. The maximum Gasteiger partial charge on any atom is 0.329 e. The summed E-state index contributed by atoms with van der Waals surface area (Å²) in [6, 6.07) is 3.32. The SMILES string of the molecule is C=CCC1=CC=CC(C#N)(n2c(=O)cc[nH]c2=O)C1. The number of hydrogen-bond acceptors (Lipinski definition) is 3. The Balaban J connectivity index is 2.59. The molecule has 19 heavy (non-hydrogen) atoms. The van der Waals surface area contributed by atoms with Crippen LogP contribution in [0.2, 0.25) is 0 Å². The first-order chi connectivity index (χ1) is 9.13. The predicted molar refractivity (Wildman–Crippen MR) is 71.6 cm³/mol. The highest BCUT2D eigenvalue weighted by Crippen LogP contribution is 2.29. The van der Waals surface area contributed by atoms with E-state index in [9.17, 15) is 14.9 Å². The Morgan fingerprint density at radius 2 is 2.37 bits per heavy atom. The lowest BCUT2D eigenvalue weighted by molar-refractivity contribution is 0.431. The van der Waals surface area contributed by atoms with Crippen molar-refractivity contribution >= 4 is 0 Å². The first kappa shape index (κ1) is 12.8. The van der Waals surface area contributed by atoms with E-state index >= 15 is 0 Å². The van der Waals surface area contributed by atoms with Gasteiger partial charge >= 0.3 is 5.69 Å². The van der Waals surface area contributed by atoms with Crippen molar-refractivity contribution in [3.05, 3.63) is 69.6 Å². The maximum atomic E-state index is 11.9. The zero-order valence-corrected chi connectivity index (χ0v) is 10.3. The molecule has 2 rings (SSSR count). The van der Waals surface area contributed by atoms with Crippen molar-refractivity contribution in [2.45, 2.75) is 18.4 Å². The van der Waals surface area contributed by atoms with E-state index in [4.69, 9.17) is 0 Å². The largest absolute Gasteiger partial charge is 0.329 e. The van der Waals surface area contributed by atoms with Crippen molar-refractivity contribution in [2.24, 2.45) is 0 Å². The van der Waals surface area contributed by atoms with Gasteiger partial charge < -0.3 is 4.98 Å². The third kappa shape index (κ3) is 2.20. The number of nitrogens with zero attached hydrogens (tertiary/aromatic N) is 2. The number of nitrogens with one attached hydrogen (secondary N) is 1. The Hall–Kier alpha value is -2.61. The summed E-state index contributed by atoms with van der Waals surface area (Å²) in [5.41, 5.74) is -1.39. The van der Waals surface area contributed by atoms with Crippen molar-refractivity contribution in [3.63, 3.8) is 0 Å². The van der Waals surface area contributed by atoms with Gasteiger partial charge in [-0.05, 0) is 12.5 Å². The van der Waals surface area contributed by atoms with Gasteiger partial charge in [-0.2, -0.15) is 5.26 Å². The number of aromatic amines is 1. The van der Waals surface area contributed by atoms with Gasteiger partial charge in [0.2, 0.25) is 0 Å². The van der Waals surface area contributed by atoms with Gasteiger partial charge in [0, 0.05) is 18.7 Å². The molecule has 0 aliphatic heterocycles. The van der Waals surface area contributed by atoms with Crippen LogP contribution >= 0.6 is 0 Å². The van der Waals surface area contributed by atoms with Crippen molar-refractivity contribution < 1.29 is 0 Å². The maximum absolute atomic E-state index is 11.9. The Morgan fingerprint density at radius 3 is 3.00 bits per heavy atom. The Morgan fingerprint density at radius 1 is 1.58 bits per heavy atom. The lowest BCUT2D eigenvalue weighted by Crippen LogP contribution is -2.48. The highest BCUT2D eigenvalue weighted by Gasteiger charge is 2.34. The standard InChI is InChI=1S/C14H13N3O2/c1-2-4-11-5-3-7-14(9-11,10-15)17-12(18)6-8-16-13(17)19/h2-3,5-8H,1,4,9H2,(H,16,19). The summed E-state index contributed by atoms with van der Waals surface area (Å²) in [6.07, 6.45) is 9.08. The zero-order valence-electron chi connectivity index (χ0n) is 10.3. The molecule has 0 saturated carbocycles. The third-order valence-corrected chi connectivity index (χ3v) is 3.06. The van der Waals surface area contributed by atoms with E-state index in [0.29, 0.717) is 12.8 Å². The molecule has 5 nitrogen and oxygen atoms in total. The number of hydrogen-bond donors (Lipinski definition) is 1. The fourth-order valence-electron chi connectivity index (χ4n) is 2.21. The average Bonchev–Trinajstić information content (AvgIpc) is 2.39. The minimum atomic E-state index is -1.26. The smallest absolute Gasteiger partial charge is 0.314 e. The summed E-state index contributed by atoms with van der Waals surface area (Å²) in [7, 11) is 0. The molecule has 1 unspecified atom stereocenters. The molecular weight excluding hydrogens is 242 g/mol. The van der Waals surface area contributed by atoms with E-state index in [1.54, 1.807) is 18.2 Å². The van der Waals surface area contributed by atoms with Crippen LogP contribution in [-0.4, -0.2) is 9.55 Å². The summed E-state index contributed by atoms with van der Waals surface area (Å²) in [4.78, 5) is 26.2. The number of nitriles is 1. The van der Waals surface area contributed by atoms with Crippen molar-refractivity contribution in [1.29, 1.82) is 5.26 Å². The van der Waals surface area contributed by atoms with Crippen LogP contribution in [0, 0.1) is 11.3 Å². The molecule has 1 aromatic heterocycles. The molecule has 0 saturated heterocycles. The lowest BCUT2D eigenvalue weighted by atomic mass is 9.86. The molecule has 0 spiro atoms. The zero-order chi connectivity index (χ0) is 13.9. The number of H-pyrrole nitrogens is 1. The minimum Gasteiger partial charge on any atom is -0.314 e. The monoisotopic (exact) mass is 255 g/mol. The van der Waals surface area contributed by atoms with Gasteiger partial charge in [-0.3, -0.25) is 4.79 Å². The van der Waals surface area contributed by atoms with Crippen molar-refractivity contribution in [2.75, 3.05) is 0 Å². The molecule has 96 valence electrons. The van der Waals surface area contributed by atoms with E-state index in [0.717, 1.165) is 10.1 Å². The van der Waals surface area contributed by atoms with Crippen LogP contribution in [0.3, 0.4) is 0 Å². The first-order valence-electron chi connectivity index (χ1n) is 5.83. The van der Waals surface area contributed by atoms with Gasteiger partial charge in [-0.25, -0.2) is 9.36 Å². The second-order valence-corrected chi connectivity index (χ2v) is 4.35. The van der Waals surface area contributed by atoms with Crippen LogP contribution in [0.25, 0.3) is 0 Å². The molecule has 0 amide bonds. The van der Waals surface area contributed by atoms with E-state index in [1.165, 1.54) is 12.3 Å². The molecule has 0 bridgehead atoms. The number of rotatable bonds is 3. The highest BCUT2D eigenvalue weighted by atomic mass is 16.2. The van der Waals surface area contributed by atoms with Crippen LogP contribution in [0.1, 0.15) is 12.8 Å². The summed E-state index contributed by atoms with van der Waals surface area (Å²) in [5, 5.41) is 9.46. The molecule has 5 heteroatoms. The average molecular weight is 255 g/mol. The molecule has 1 aliphatic rings. The van der Waals surface area contributed by atoms with Gasteiger partial charge in [0.1, 0.15) is 0 Å². The second-order valence-electron chi connectivity index (χ2n) is 4.35. The Labute approximate surface area is 109 Å².